The summed E-state index contributed by atoms with van der Waals surface area (Å²) in [5, 5.41) is 0. The van der Waals surface area contributed by atoms with Crippen molar-refractivity contribution in [3.05, 3.63) is 53.3 Å². The fraction of sp³-hybridized carbons (Fsp3) is 0.333. The number of ether oxygens (including phenoxy) is 3. The molecule has 0 saturated heterocycles. The molecular formula is C18H18O5. The van der Waals surface area contributed by atoms with Crippen molar-refractivity contribution in [3.8, 4) is 0 Å². The van der Waals surface area contributed by atoms with Gasteiger partial charge < -0.3 is 14.2 Å². The molecule has 3 rings (SSSR count). The lowest BCUT2D eigenvalue weighted by Gasteiger charge is -2.37. The molecule has 0 radical (unpaired) electrons. The van der Waals surface area contributed by atoms with E-state index < -0.39 is 24.1 Å². The monoisotopic (exact) mass is 314 g/mol. The van der Waals surface area contributed by atoms with Gasteiger partial charge in [0.1, 0.15) is 5.76 Å². The Labute approximate surface area is 134 Å². The van der Waals surface area contributed by atoms with Crippen LogP contribution in [0.4, 0.5) is 0 Å². The van der Waals surface area contributed by atoms with Crippen LogP contribution < -0.4 is 0 Å². The second kappa shape index (κ2) is 5.91. The van der Waals surface area contributed by atoms with Gasteiger partial charge >= 0.3 is 11.9 Å². The molecule has 0 aromatic heterocycles. The third-order valence-corrected chi connectivity index (χ3v) is 3.99. The largest absolute Gasteiger partial charge is 0.465 e. The summed E-state index contributed by atoms with van der Waals surface area (Å²) in [4.78, 5) is 23.2. The Balaban J connectivity index is 2.18. The smallest absolute Gasteiger partial charge is 0.303 e. The zero-order chi connectivity index (χ0) is 16.6. The van der Waals surface area contributed by atoms with Gasteiger partial charge in [-0.05, 0) is 6.08 Å². The number of hydrogen-bond acceptors (Lipinski definition) is 5. The van der Waals surface area contributed by atoms with Crippen LogP contribution in [-0.4, -0.2) is 18.0 Å². The summed E-state index contributed by atoms with van der Waals surface area (Å²) in [6.07, 6.45) is 2.15. The van der Waals surface area contributed by atoms with Crippen molar-refractivity contribution in [2.75, 3.05) is 0 Å². The van der Waals surface area contributed by atoms with Gasteiger partial charge in [0, 0.05) is 36.5 Å². The first-order valence-corrected chi connectivity index (χ1v) is 7.50. The highest BCUT2D eigenvalue weighted by molar-refractivity contribution is 5.75. The zero-order valence-electron chi connectivity index (χ0n) is 13.2. The average molecular weight is 314 g/mol. The van der Waals surface area contributed by atoms with Gasteiger partial charge in [0.25, 0.3) is 0 Å². The number of carbonyl (C=O) groups is 2. The van der Waals surface area contributed by atoms with Gasteiger partial charge in [-0.15, -0.1) is 0 Å². The van der Waals surface area contributed by atoms with Gasteiger partial charge in [-0.1, -0.05) is 31.2 Å². The van der Waals surface area contributed by atoms with Gasteiger partial charge in [-0.3, -0.25) is 9.59 Å². The Morgan fingerprint density at radius 3 is 2.39 bits per heavy atom. The lowest BCUT2D eigenvalue weighted by Crippen LogP contribution is -2.36. The first kappa shape index (κ1) is 15.3. The first-order chi connectivity index (χ1) is 11.0. The van der Waals surface area contributed by atoms with Crippen molar-refractivity contribution in [1.82, 2.24) is 0 Å². The van der Waals surface area contributed by atoms with E-state index in [9.17, 15) is 9.59 Å². The summed E-state index contributed by atoms with van der Waals surface area (Å²) in [5.74, 6) is -0.175. The number of hydrogen-bond donors (Lipinski definition) is 0. The molecule has 1 heterocycles. The normalized spacial score (nSPS) is 25.1. The Kier molecular flexibility index (Phi) is 3.94. The molecule has 5 nitrogen and oxygen atoms in total. The second-order valence-electron chi connectivity index (χ2n) is 5.67. The topological polar surface area (TPSA) is 61.8 Å². The standard InChI is InChI=1S/C18H18O5/c1-10-8-9-21-16-13-6-4-5-7-14(13)17(22-11(2)19)18(15(10)16)23-12(3)20/h4-10,17-18H,1-3H3. The van der Waals surface area contributed by atoms with Crippen LogP contribution in [0.1, 0.15) is 38.0 Å². The van der Waals surface area contributed by atoms with Crippen LogP contribution in [0.25, 0.3) is 5.76 Å². The predicted molar refractivity (Wildman–Crippen MR) is 82.8 cm³/mol. The van der Waals surface area contributed by atoms with E-state index in [1.165, 1.54) is 13.8 Å². The van der Waals surface area contributed by atoms with Gasteiger partial charge in [0.2, 0.25) is 0 Å². The van der Waals surface area contributed by atoms with Crippen LogP contribution in [0.2, 0.25) is 0 Å². The van der Waals surface area contributed by atoms with Crippen LogP contribution in [0.3, 0.4) is 0 Å². The summed E-state index contributed by atoms with van der Waals surface area (Å²) in [5.41, 5.74) is 2.44. The van der Waals surface area contributed by atoms with Crippen molar-refractivity contribution in [2.24, 2.45) is 5.92 Å². The zero-order valence-corrected chi connectivity index (χ0v) is 13.2. The van der Waals surface area contributed by atoms with Crippen molar-refractivity contribution in [1.29, 1.82) is 0 Å². The molecule has 1 aromatic carbocycles. The van der Waals surface area contributed by atoms with Crippen molar-refractivity contribution < 1.29 is 23.8 Å². The highest BCUT2D eigenvalue weighted by atomic mass is 16.6. The summed E-state index contributed by atoms with van der Waals surface area (Å²) in [7, 11) is 0. The number of fused-ring (bicyclic) bond motifs is 2. The Hall–Kier alpha value is -2.56. The minimum Gasteiger partial charge on any atom is -0.465 e. The van der Waals surface area contributed by atoms with Gasteiger partial charge in [-0.25, -0.2) is 0 Å². The molecule has 0 amide bonds. The Bertz CT molecular complexity index is 716. The van der Waals surface area contributed by atoms with Crippen LogP contribution in [0.15, 0.2) is 42.2 Å². The molecule has 2 aliphatic rings. The molecule has 3 atom stereocenters. The SMILES string of the molecule is CC(=O)OC1C2=C(OC=CC2C)c2ccccc2C1OC(C)=O. The molecule has 0 saturated carbocycles. The highest BCUT2D eigenvalue weighted by Gasteiger charge is 2.43. The average Bonchev–Trinajstić information content (AvgIpc) is 2.50. The number of benzene rings is 1. The van der Waals surface area contributed by atoms with E-state index in [4.69, 9.17) is 14.2 Å². The number of rotatable bonds is 2. The van der Waals surface area contributed by atoms with E-state index in [-0.39, 0.29) is 5.92 Å². The lowest BCUT2D eigenvalue weighted by molar-refractivity contribution is -0.163. The molecule has 0 spiro atoms. The summed E-state index contributed by atoms with van der Waals surface area (Å²) in [6.45, 7) is 4.68. The molecular weight excluding hydrogens is 296 g/mol. The number of allylic oxidation sites excluding steroid dienone is 1. The quantitative estimate of drug-likeness (QED) is 0.785. The maximum Gasteiger partial charge on any atom is 0.303 e. The molecule has 0 bridgehead atoms. The second-order valence-corrected chi connectivity index (χ2v) is 5.67. The van der Waals surface area contributed by atoms with Gasteiger partial charge in [0.05, 0.1) is 6.26 Å². The summed E-state index contributed by atoms with van der Waals surface area (Å²) >= 11 is 0. The van der Waals surface area contributed by atoms with E-state index in [1.807, 2.05) is 37.3 Å². The molecule has 23 heavy (non-hydrogen) atoms. The third-order valence-electron chi connectivity index (χ3n) is 3.99. The van der Waals surface area contributed by atoms with Crippen LogP contribution in [0.5, 0.6) is 0 Å². The number of esters is 2. The van der Waals surface area contributed by atoms with Crippen LogP contribution in [-0.2, 0) is 23.8 Å². The Morgan fingerprint density at radius 1 is 1.04 bits per heavy atom. The molecule has 1 aromatic rings. The van der Waals surface area contributed by atoms with Crippen molar-refractivity contribution >= 4 is 17.7 Å². The van der Waals surface area contributed by atoms with Crippen LogP contribution in [0, 0.1) is 5.92 Å². The molecule has 0 fully saturated rings. The fourth-order valence-corrected chi connectivity index (χ4v) is 3.10. The van der Waals surface area contributed by atoms with Crippen LogP contribution >= 0.6 is 0 Å². The molecule has 0 N–H and O–H groups in total. The third kappa shape index (κ3) is 2.74. The number of carbonyl (C=O) groups excluding carboxylic acids is 2. The van der Waals surface area contributed by atoms with Gasteiger partial charge in [0.15, 0.2) is 12.2 Å². The maximum absolute atomic E-state index is 11.6. The molecule has 1 aliphatic heterocycles. The van der Waals surface area contributed by atoms with Crippen molar-refractivity contribution in [2.45, 2.75) is 33.0 Å². The molecule has 3 unspecified atom stereocenters. The maximum atomic E-state index is 11.6. The van der Waals surface area contributed by atoms with E-state index in [2.05, 4.69) is 0 Å². The van der Waals surface area contributed by atoms with Gasteiger partial charge in [-0.2, -0.15) is 0 Å². The molecule has 120 valence electrons. The minimum atomic E-state index is -0.693. The predicted octanol–water partition coefficient (Wildman–Crippen LogP) is 3.13. The molecule has 1 aliphatic carbocycles. The van der Waals surface area contributed by atoms with E-state index in [1.54, 1.807) is 6.26 Å². The summed E-state index contributed by atoms with van der Waals surface area (Å²) < 4.78 is 16.7. The molecule has 5 heteroatoms. The van der Waals surface area contributed by atoms with Crippen molar-refractivity contribution in [3.63, 3.8) is 0 Å². The van der Waals surface area contributed by atoms with E-state index in [0.717, 1.165) is 16.7 Å². The summed E-state index contributed by atoms with van der Waals surface area (Å²) in [6, 6.07) is 7.52. The lowest BCUT2D eigenvalue weighted by atomic mass is 9.80. The minimum absolute atomic E-state index is 0.00881. The Morgan fingerprint density at radius 2 is 1.70 bits per heavy atom. The highest BCUT2D eigenvalue weighted by Crippen LogP contribution is 2.46. The van der Waals surface area contributed by atoms with E-state index >= 15 is 0 Å². The first-order valence-electron chi connectivity index (χ1n) is 7.50. The fourth-order valence-electron chi connectivity index (χ4n) is 3.10. The van der Waals surface area contributed by atoms with E-state index in [0.29, 0.717) is 5.76 Å².